The Morgan fingerprint density at radius 3 is 2.68 bits per heavy atom. The van der Waals surface area contributed by atoms with Gasteiger partial charge >= 0.3 is 6.18 Å². The number of hydroxylamine groups is 1. The number of aromatic nitrogens is 2. The predicted molar refractivity (Wildman–Crippen MR) is 64.3 cm³/mol. The second-order valence-electron chi connectivity index (χ2n) is 4.26. The highest BCUT2D eigenvalue weighted by Gasteiger charge is 2.28. The molecule has 0 aliphatic heterocycles. The average molecular weight is 273 g/mol. The lowest BCUT2D eigenvalue weighted by Crippen LogP contribution is -2.28. The molecule has 0 saturated carbocycles. The van der Waals surface area contributed by atoms with Crippen molar-refractivity contribution in [3.63, 3.8) is 0 Å². The molecule has 1 aromatic carbocycles. The summed E-state index contributed by atoms with van der Waals surface area (Å²) >= 11 is 0. The van der Waals surface area contributed by atoms with E-state index in [0.717, 1.165) is 11.0 Å². The van der Waals surface area contributed by atoms with Crippen molar-refractivity contribution in [3.05, 3.63) is 30.1 Å². The molecule has 0 amide bonds. The molecule has 2 aromatic rings. The second kappa shape index (κ2) is 5.18. The summed E-state index contributed by atoms with van der Waals surface area (Å²) in [6.07, 6.45) is -4.35. The maximum atomic E-state index is 12.0. The first-order chi connectivity index (χ1) is 8.88. The lowest BCUT2D eigenvalue weighted by Gasteiger charge is -2.14. The summed E-state index contributed by atoms with van der Waals surface area (Å²) in [6, 6.07) is 7.04. The van der Waals surface area contributed by atoms with Gasteiger partial charge in [-0.2, -0.15) is 18.7 Å². The van der Waals surface area contributed by atoms with Gasteiger partial charge in [0.1, 0.15) is 5.82 Å². The third kappa shape index (κ3) is 3.24. The van der Waals surface area contributed by atoms with Crippen LogP contribution in [-0.4, -0.2) is 22.3 Å². The van der Waals surface area contributed by atoms with Crippen molar-refractivity contribution in [2.45, 2.75) is 19.1 Å². The fourth-order valence-corrected chi connectivity index (χ4v) is 1.85. The van der Waals surface area contributed by atoms with Gasteiger partial charge in [0.2, 0.25) is 0 Å². The van der Waals surface area contributed by atoms with Crippen LogP contribution in [0.3, 0.4) is 0 Å². The third-order valence-electron chi connectivity index (χ3n) is 2.70. The Bertz CT molecular complexity index is 565. The van der Waals surface area contributed by atoms with Gasteiger partial charge in [-0.3, -0.25) is 4.84 Å². The van der Waals surface area contributed by atoms with Crippen molar-refractivity contribution in [1.82, 2.24) is 15.0 Å². The van der Waals surface area contributed by atoms with E-state index in [1.807, 2.05) is 35.9 Å². The Hall–Kier alpha value is -1.60. The maximum absolute atomic E-state index is 12.0. The van der Waals surface area contributed by atoms with Crippen LogP contribution in [0.25, 0.3) is 11.0 Å². The smallest absolute Gasteiger partial charge is 0.330 e. The van der Waals surface area contributed by atoms with E-state index in [1.54, 1.807) is 6.92 Å². The Balaban J connectivity index is 2.09. The number of hydrogen-bond donors (Lipinski definition) is 1. The molecule has 1 unspecified atom stereocenters. The molecule has 1 heterocycles. The first-order valence-electron chi connectivity index (χ1n) is 5.74. The van der Waals surface area contributed by atoms with Gasteiger partial charge in [-0.15, -0.1) is 0 Å². The molecule has 0 aliphatic rings. The summed E-state index contributed by atoms with van der Waals surface area (Å²) < 4.78 is 37.7. The van der Waals surface area contributed by atoms with Crippen LogP contribution in [-0.2, 0) is 11.9 Å². The van der Waals surface area contributed by atoms with E-state index in [2.05, 4.69) is 15.3 Å². The molecule has 1 atom stereocenters. The minimum atomic E-state index is -4.35. The van der Waals surface area contributed by atoms with Gasteiger partial charge in [0.05, 0.1) is 17.1 Å². The van der Waals surface area contributed by atoms with Crippen molar-refractivity contribution in [3.8, 4) is 0 Å². The van der Waals surface area contributed by atoms with Gasteiger partial charge in [-0.05, 0) is 19.1 Å². The number of aryl methyl sites for hydroxylation is 1. The largest absolute Gasteiger partial charge is 0.413 e. The normalized spacial score (nSPS) is 13.9. The number of nitrogens with zero attached hydrogens (tertiary/aromatic N) is 2. The van der Waals surface area contributed by atoms with E-state index in [4.69, 9.17) is 0 Å². The lowest BCUT2D eigenvalue weighted by molar-refractivity contribution is -0.193. The number of hydrogen-bond acceptors (Lipinski definition) is 3. The summed E-state index contributed by atoms with van der Waals surface area (Å²) in [5, 5.41) is 0. The van der Waals surface area contributed by atoms with E-state index >= 15 is 0 Å². The Labute approximate surface area is 108 Å². The molecule has 0 saturated heterocycles. The monoisotopic (exact) mass is 273 g/mol. The minimum Gasteiger partial charge on any atom is -0.330 e. The summed E-state index contributed by atoms with van der Waals surface area (Å²) in [7, 11) is 1.81. The highest BCUT2D eigenvalue weighted by molar-refractivity contribution is 5.75. The predicted octanol–water partition coefficient (Wildman–Crippen LogP) is 2.72. The van der Waals surface area contributed by atoms with E-state index in [9.17, 15) is 13.2 Å². The first kappa shape index (κ1) is 13.8. The van der Waals surface area contributed by atoms with Crippen LogP contribution >= 0.6 is 0 Å². The SMILES string of the molecule is CC(NOCC(F)(F)F)c1nc2ccccc2n1C. The van der Waals surface area contributed by atoms with E-state index in [1.165, 1.54) is 0 Å². The Kier molecular flexibility index (Phi) is 3.77. The van der Waals surface area contributed by atoms with Gasteiger partial charge in [-0.1, -0.05) is 12.1 Å². The highest BCUT2D eigenvalue weighted by atomic mass is 19.4. The van der Waals surface area contributed by atoms with E-state index in [0.29, 0.717) is 5.82 Å². The average Bonchev–Trinajstić information content (AvgIpc) is 2.66. The van der Waals surface area contributed by atoms with Gasteiger partial charge in [0, 0.05) is 7.05 Å². The third-order valence-corrected chi connectivity index (χ3v) is 2.70. The number of imidazole rings is 1. The van der Waals surface area contributed by atoms with Crippen LogP contribution in [0.15, 0.2) is 24.3 Å². The lowest BCUT2D eigenvalue weighted by atomic mass is 10.3. The number of nitrogens with one attached hydrogen (secondary N) is 1. The first-order valence-corrected chi connectivity index (χ1v) is 5.74. The molecule has 7 heteroatoms. The molecule has 1 aromatic heterocycles. The molecule has 4 nitrogen and oxygen atoms in total. The van der Waals surface area contributed by atoms with Crippen molar-refractivity contribution in [2.75, 3.05) is 6.61 Å². The van der Waals surface area contributed by atoms with Crippen LogP contribution < -0.4 is 5.48 Å². The van der Waals surface area contributed by atoms with Crippen LogP contribution in [0, 0.1) is 0 Å². The molecule has 104 valence electrons. The van der Waals surface area contributed by atoms with Crippen LogP contribution in [0.4, 0.5) is 13.2 Å². The number of benzene rings is 1. The molecule has 0 spiro atoms. The zero-order valence-corrected chi connectivity index (χ0v) is 10.5. The summed E-state index contributed by atoms with van der Waals surface area (Å²) in [4.78, 5) is 8.80. The molecular weight excluding hydrogens is 259 g/mol. The zero-order valence-electron chi connectivity index (χ0n) is 10.5. The number of fused-ring (bicyclic) bond motifs is 1. The van der Waals surface area contributed by atoms with E-state index < -0.39 is 18.8 Å². The topological polar surface area (TPSA) is 39.1 Å². The highest BCUT2D eigenvalue weighted by Crippen LogP contribution is 2.20. The zero-order chi connectivity index (χ0) is 14.0. The number of para-hydroxylation sites is 2. The number of rotatable bonds is 4. The molecule has 0 bridgehead atoms. The summed E-state index contributed by atoms with van der Waals surface area (Å²) in [6.45, 7) is 0.360. The minimum absolute atomic E-state index is 0.445. The molecule has 0 aliphatic carbocycles. The van der Waals surface area contributed by atoms with Gasteiger partial charge in [0.15, 0.2) is 6.61 Å². The molecule has 19 heavy (non-hydrogen) atoms. The fraction of sp³-hybridized carbons (Fsp3) is 0.417. The number of alkyl halides is 3. The van der Waals surface area contributed by atoms with Crippen molar-refractivity contribution < 1.29 is 18.0 Å². The van der Waals surface area contributed by atoms with Crippen LogP contribution in [0.1, 0.15) is 18.8 Å². The Morgan fingerprint density at radius 1 is 1.37 bits per heavy atom. The molecular formula is C12H14F3N3O. The van der Waals surface area contributed by atoms with Crippen LogP contribution in [0.2, 0.25) is 0 Å². The van der Waals surface area contributed by atoms with Crippen molar-refractivity contribution in [2.24, 2.45) is 7.05 Å². The molecule has 1 N–H and O–H groups in total. The fourth-order valence-electron chi connectivity index (χ4n) is 1.85. The van der Waals surface area contributed by atoms with Gasteiger partial charge in [-0.25, -0.2) is 4.98 Å². The van der Waals surface area contributed by atoms with Crippen molar-refractivity contribution in [1.29, 1.82) is 0 Å². The second-order valence-corrected chi connectivity index (χ2v) is 4.26. The standard InChI is InChI=1S/C12H14F3N3O/c1-8(17-19-7-12(13,14)15)11-16-9-5-3-4-6-10(9)18(11)2/h3-6,8,17H,7H2,1-2H3. The maximum Gasteiger partial charge on any atom is 0.413 e. The van der Waals surface area contributed by atoms with Crippen LogP contribution in [0.5, 0.6) is 0 Å². The molecule has 0 fully saturated rings. The Morgan fingerprint density at radius 2 is 2.05 bits per heavy atom. The number of halogens is 3. The summed E-state index contributed by atoms with van der Waals surface area (Å²) in [5.41, 5.74) is 4.07. The van der Waals surface area contributed by atoms with E-state index in [-0.39, 0.29) is 0 Å². The molecule has 0 radical (unpaired) electrons. The van der Waals surface area contributed by atoms with Crippen molar-refractivity contribution >= 4 is 11.0 Å². The van der Waals surface area contributed by atoms with Gasteiger partial charge < -0.3 is 4.57 Å². The van der Waals surface area contributed by atoms with Gasteiger partial charge in [0.25, 0.3) is 0 Å². The summed E-state index contributed by atoms with van der Waals surface area (Å²) in [5.74, 6) is 0.614. The quantitative estimate of drug-likeness (QED) is 0.871. The molecule has 2 rings (SSSR count).